The number of rotatable bonds is 6. The van der Waals surface area contributed by atoms with E-state index in [0.717, 1.165) is 18.4 Å². The van der Waals surface area contributed by atoms with Crippen molar-refractivity contribution in [2.24, 2.45) is 0 Å². The number of aliphatic hydroxyl groups is 2. The Bertz CT molecular complexity index is 1070. The molecule has 0 unspecified atom stereocenters. The zero-order valence-electron chi connectivity index (χ0n) is 18.3. The molecule has 1 aromatic heterocycles. The molecular formula is C25H29N5O3. The van der Waals surface area contributed by atoms with Gasteiger partial charge in [0.05, 0.1) is 18.8 Å². The molecule has 8 nitrogen and oxygen atoms in total. The molecule has 172 valence electrons. The normalized spacial score (nSPS) is 25.0. The van der Waals surface area contributed by atoms with Crippen LogP contribution in [0.25, 0.3) is 0 Å². The van der Waals surface area contributed by atoms with Crippen molar-refractivity contribution >= 4 is 11.9 Å². The molecule has 0 saturated heterocycles. The van der Waals surface area contributed by atoms with Gasteiger partial charge in [0.15, 0.2) is 0 Å². The van der Waals surface area contributed by atoms with Crippen molar-refractivity contribution in [3.8, 4) is 0 Å². The van der Waals surface area contributed by atoms with Gasteiger partial charge in [-0.15, -0.1) is 0 Å². The first-order valence-corrected chi connectivity index (χ1v) is 11.4. The van der Waals surface area contributed by atoms with E-state index in [2.05, 4.69) is 44.5 Å². The van der Waals surface area contributed by atoms with Gasteiger partial charge in [-0.25, -0.2) is 0 Å². The van der Waals surface area contributed by atoms with E-state index < -0.39 is 18.3 Å². The number of aromatic nitrogens is 3. The maximum Gasteiger partial charge on any atom is 0.227 e. The summed E-state index contributed by atoms with van der Waals surface area (Å²) in [4.78, 5) is 13.3. The fourth-order valence-corrected chi connectivity index (χ4v) is 4.85. The number of fused-ring (bicyclic) bond motifs is 1. The predicted octanol–water partition coefficient (Wildman–Crippen LogP) is 2.22. The second kappa shape index (κ2) is 9.43. The van der Waals surface area contributed by atoms with Crippen molar-refractivity contribution in [1.29, 1.82) is 0 Å². The van der Waals surface area contributed by atoms with Crippen LogP contribution in [0.1, 0.15) is 41.3 Å². The summed E-state index contributed by atoms with van der Waals surface area (Å²) in [6, 6.07) is 18.4. The zero-order chi connectivity index (χ0) is 22.8. The quantitative estimate of drug-likeness (QED) is 0.453. The van der Waals surface area contributed by atoms with Crippen LogP contribution in [0.2, 0.25) is 0 Å². The largest absolute Gasteiger partial charge is 0.390 e. The Labute approximate surface area is 192 Å². The van der Waals surface area contributed by atoms with Crippen molar-refractivity contribution in [2.75, 3.05) is 11.1 Å². The Morgan fingerprint density at radius 1 is 0.909 bits per heavy atom. The molecule has 1 fully saturated rings. The number of ether oxygens (including phenoxy) is 1. The standard InChI is InChI=1S/C25H29N5O3/c26-24-28-23(29-25(30-24)27-19-10-16-8-4-5-9-17(16)11-19)18-12-20(31)22(32)21(13-18)33-14-15-6-2-1-3-7-15/h1-9,18-22,31-32H,10-14H2,(H3,26,27,28,29,30)/t18-,20+,21+,22-/m0/s1. The third-order valence-corrected chi connectivity index (χ3v) is 6.54. The number of nitrogen functional groups attached to an aromatic ring is 1. The third-order valence-electron chi connectivity index (χ3n) is 6.54. The topological polar surface area (TPSA) is 126 Å². The minimum atomic E-state index is -0.960. The highest BCUT2D eigenvalue weighted by Gasteiger charge is 2.38. The summed E-state index contributed by atoms with van der Waals surface area (Å²) < 4.78 is 5.98. The molecule has 0 spiro atoms. The van der Waals surface area contributed by atoms with Crippen molar-refractivity contribution in [3.63, 3.8) is 0 Å². The fourth-order valence-electron chi connectivity index (χ4n) is 4.85. The van der Waals surface area contributed by atoms with E-state index >= 15 is 0 Å². The van der Waals surface area contributed by atoms with Gasteiger partial charge < -0.3 is 26.0 Å². The van der Waals surface area contributed by atoms with Gasteiger partial charge in [0.25, 0.3) is 0 Å². The molecule has 0 radical (unpaired) electrons. The Kier molecular flexibility index (Phi) is 6.22. The lowest BCUT2D eigenvalue weighted by molar-refractivity contribution is -0.123. The minimum absolute atomic E-state index is 0.139. The Morgan fingerprint density at radius 2 is 1.61 bits per heavy atom. The molecule has 3 aromatic rings. The third kappa shape index (κ3) is 4.98. The van der Waals surface area contributed by atoms with E-state index in [4.69, 9.17) is 10.5 Å². The van der Waals surface area contributed by atoms with Gasteiger partial charge in [0.1, 0.15) is 11.9 Å². The van der Waals surface area contributed by atoms with Crippen LogP contribution in [0.15, 0.2) is 54.6 Å². The molecule has 0 aliphatic heterocycles. The van der Waals surface area contributed by atoms with E-state index in [1.54, 1.807) is 0 Å². The number of aliphatic hydroxyl groups excluding tert-OH is 2. The Morgan fingerprint density at radius 3 is 2.33 bits per heavy atom. The summed E-state index contributed by atoms with van der Waals surface area (Å²) in [5.41, 5.74) is 9.69. The first-order chi connectivity index (χ1) is 16.0. The lowest BCUT2D eigenvalue weighted by Crippen LogP contribution is -2.45. The second-order valence-electron chi connectivity index (χ2n) is 8.95. The van der Waals surface area contributed by atoms with Crippen LogP contribution in [0.3, 0.4) is 0 Å². The molecule has 2 aliphatic rings. The van der Waals surface area contributed by atoms with Crippen LogP contribution in [0.5, 0.6) is 0 Å². The van der Waals surface area contributed by atoms with Crippen LogP contribution in [-0.2, 0) is 24.2 Å². The van der Waals surface area contributed by atoms with E-state index in [9.17, 15) is 10.2 Å². The predicted molar refractivity (Wildman–Crippen MR) is 125 cm³/mol. The first-order valence-electron chi connectivity index (χ1n) is 11.4. The highest BCUT2D eigenvalue weighted by Crippen LogP contribution is 2.34. The molecular weight excluding hydrogens is 418 g/mol. The van der Waals surface area contributed by atoms with Gasteiger partial charge in [0, 0.05) is 12.0 Å². The summed E-state index contributed by atoms with van der Waals surface area (Å²) in [5.74, 6) is 0.897. The van der Waals surface area contributed by atoms with Gasteiger partial charge in [-0.3, -0.25) is 0 Å². The maximum absolute atomic E-state index is 10.5. The minimum Gasteiger partial charge on any atom is -0.390 e. The van der Waals surface area contributed by atoms with Crippen LogP contribution in [0, 0.1) is 0 Å². The molecule has 33 heavy (non-hydrogen) atoms. The molecule has 5 N–H and O–H groups in total. The molecule has 4 atom stereocenters. The number of nitrogens with one attached hydrogen (secondary N) is 1. The van der Waals surface area contributed by atoms with Crippen molar-refractivity contribution in [3.05, 3.63) is 77.1 Å². The Balaban J connectivity index is 1.28. The second-order valence-corrected chi connectivity index (χ2v) is 8.95. The van der Waals surface area contributed by atoms with Crippen molar-refractivity contribution < 1.29 is 14.9 Å². The van der Waals surface area contributed by atoms with Gasteiger partial charge in [-0.2, -0.15) is 15.0 Å². The number of hydrogen-bond donors (Lipinski definition) is 4. The summed E-state index contributed by atoms with van der Waals surface area (Å²) in [6.07, 6.45) is 0.217. The SMILES string of the molecule is Nc1nc(NC2Cc3ccccc3C2)nc([C@H]2C[C@@H](O)[C@H](O)[C@H](OCc3ccccc3)C2)n1. The molecule has 2 aliphatic carbocycles. The smallest absolute Gasteiger partial charge is 0.227 e. The molecule has 5 rings (SSSR count). The van der Waals surface area contributed by atoms with Crippen LogP contribution < -0.4 is 11.1 Å². The lowest BCUT2D eigenvalue weighted by Gasteiger charge is -2.36. The van der Waals surface area contributed by atoms with Gasteiger partial charge in [-0.05, 0) is 42.4 Å². The van der Waals surface area contributed by atoms with Gasteiger partial charge >= 0.3 is 0 Å². The van der Waals surface area contributed by atoms with Crippen LogP contribution >= 0.6 is 0 Å². The number of nitrogens with zero attached hydrogens (tertiary/aromatic N) is 3. The molecule has 1 heterocycles. The van der Waals surface area contributed by atoms with Crippen molar-refractivity contribution in [1.82, 2.24) is 15.0 Å². The summed E-state index contributed by atoms with van der Waals surface area (Å²) in [7, 11) is 0. The zero-order valence-corrected chi connectivity index (χ0v) is 18.3. The Hall–Kier alpha value is -3.07. The van der Waals surface area contributed by atoms with Crippen molar-refractivity contribution in [2.45, 2.75) is 62.6 Å². The summed E-state index contributed by atoms with van der Waals surface area (Å²) >= 11 is 0. The monoisotopic (exact) mass is 447 g/mol. The van der Waals surface area contributed by atoms with E-state index in [0.29, 0.717) is 31.2 Å². The number of benzene rings is 2. The van der Waals surface area contributed by atoms with E-state index in [1.165, 1.54) is 11.1 Å². The molecule has 8 heteroatoms. The summed E-state index contributed by atoms with van der Waals surface area (Å²) in [5, 5.41) is 24.4. The highest BCUT2D eigenvalue weighted by atomic mass is 16.5. The maximum atomic E-state index is 10.5. The lowest BCUT2D eigenvalue weighted by atomic mass is 9.82. The van der Waals surface area contributed by atoms with Crippen LogP contribution in [-0.4, -0.2) is 49.5 Å². The van der Waals surface area contributed by atoms with Gasteiger partial charge in [0.2, 0.25) is 11.9 Å². The first kappa shape index (κ1) is 21.8. The molecule has 2 aromatic carbocycles. The van der Waals surface area contributed by atoms with Gasteiger partial charge in [-0.1, -0.05) is 54.6 Å². The molecule has 0 bridgehead atoms. The molecule has 0 amide bonds. The van der Waals surface area contributed by atoms with E-state index in [1.807, 2.05) is 30.3 Å². The fraction of sp³-hybridized carbons (Fsp3) is 0.400. The number of nitrogens with two attached hydrogens (primary N) is 1. The van der Waals surface area contributed by atoms with E-state index in [-0.39, 0.29) is 17.9 Å². The average molecular weight is 448 g/mol. The number of anilines is 2. The average Bonchev–Trinajstić information content (AvgIpc) is 3.22. The molecule has 1 saturated carbocycles. The van der Waals surface area contributed by atoms with Crippen LogP contribution in [0.4, 0.5) is 11.9 Å². The highest BCUT2D eigenvalue weighted by molar-refractivity contribution is 5.39. The summed E-state index contributed by atoms with van der Waals surface area (Å²) in [6.45, 7) is 0.358. The number of hydrogen-bond acceptors (Lipinski definition) is 8.